The number of carbonyl (C=O) groups is 1. The minimum Gasteiger partial charge on any atom is -0.497 e. The van der Waals surface area contributed by atoms with Crippen molar-refractivity contribution in [2.24, 2.45) is 0 Å². The Balaban J connectivity index is 1.70. The topological polar surface area (TPSA) is 59.6 Å². The third kappa shape index (κ3) is 5.77. The number of thioether (sulfide) groups is 1. The van der Waals surface area contributed by atoms with Gasteiger partial charge >= 0.3 is 0 Å². The summed E-state index contributed by atoms with van der Waals surface area (Å²) in [5.41, 5.74) is 0. The van der Waals surface area contributed by atoms with Crippen LogP contribution >= 0.6 is 11.8 Å². The molecule has 2 N–H and O–H groups in total. The Hall–Kier alpha value is -1.40. The van der Waals surface area contributed by atoms with E-state index in [1.165, 1.54) is 0 Å². The molecule has 1 fully saturated rings. The van der Waals surface area contributed by atoms with Crippen molar-refractivity contribution in [3.8, 4) is 11.5 Å². The van der Waals surface area contributed by atoms with Gasteiger partial charge in [0, 0.05) is 36.6 Å². The minimum absolute atomic E-state index is 0.0705. The summed E-state index contributed by atoms with van der Waals surface area (Å²) in [5.74, 6) is 3.70. The van der Waals surface area contributed by atoms with Gasteiger partial charge in [0.25, 0.3) is 0 Å². The van der Waals surface area contributed by atoms with Gasteiger partial charge in [0.1, 0.15) is 17.6 Å². The van der Waals surface area contributed by atoms with Gasteiger partial charge in [-0.25, -0.2) is 0 Å². The molecule has 0 bridgehead atoms. The van der Waals surface area contributed by atoms with E-state index in [1.54, 1.807) is 7.11 Å². The molecule has 122 valence electrons. The molecule has 1 aliphatic heterocycles. The Morgan fingerprint density at radius 2 is 2.32 bits per heavy atom. The summed E-state index contributed by atoms with van der Waals surface area (Å²) in [6.45, 7) is 3.42. The van der Waals surface area contributed by atoms with Crippen molar-refractivity contribution in [1.82, 2.24) is 10.6 Å². The fourth-order valence-electron chi connectivity index (χ4n) is 2.25. The number of amides is 1. The first kappa shape index (κ1) is 17.0. The predicted molar refractivity (Wildman–Crippen MR) is 89.8 cm³/mol. The van der Waals surface area contributed by atoms with Crippen LogP contribution in [0.2, 0.25) is 0 Å². The lowest BCUT2D eigenvalue weighted by atomic mass is 10.2. The van der Waals surface area contributed by atoms with E-state index in [4.69, 9.17) is 9.47 Å². The minimum atomic E-state index is -0.0928. The van der Waals surface area contributed by atoms with E-state index in [0.29, 0.717) is 13.0 Å². The van der Waals surface area contributed by atoms with Crippen molar-refractivity contribution in [3.63, 3.8) is 0 Å². The van der Waals surface area contributed by atoms with Gasteiger partial charge in [0.2, 0.25) is 5.91 Å². The molecule has 0 saturated carbocycles. The molecule has 0 aliphatic carbocycles. The lowest BCUT2D eigenvalue weighted by Gasteiger charge is -2.23. The van der Waals surface area contributed by atoms with Crippen molar-refractivity contribution in [2.45, 2.75) is 25.5 Å². The Morgan fingerprint density at radius 3 is 3.05 bits per heavy atom. The second-order valence-electron chi connectivity index (χ2n) is 5.34. The van der Waals surface area contributed by atoms with Crippen molar-refractivity contribution in [2.75, 3.05) is 31.7 Å². The Bertz CT molecular complexity index is 478. The third-order valence-electron chi connectivity index (χ3n) is 3.40. The number of rotatable bonds is 7. The van der Waals surface area contributed by atoms with E-state index in [-0.39, 0.29) is 18.1 Å². The second-order valence-corrected chi connectivity index (χ2v) is 6.49. The Morgan fingerprint density at radius 1 is 1.50 bits per heavy atom. The molecule has 5 nitrogen and oxygen atoms in total. The quantitative estimate of drug-likeness (QED) is 0.799. The number of hydrogen-bond acceptors (Lipinski definition) is 5. The third-order valence-corrected chi connectivity index (χ3v) is 4.53. The molecular formula is C16H24N2O3S. The van der Waals surface area contributed by atoms with E-state index >= 15 is 0 Å². The molecule has 2 rings (SSSR count). The normalized spacial score (nSPS) is 19.3. The molecule has 0 spiro atoms. The van der Waals surface area contributed by atoms with Gasteiger partial charge < -0.3 is 20.1 Å². The summed E-state index contributed by atoms with van der Waals surface area (Å²) in [5, 5.41) is 6.30. The maximum Gasteiger partial charge on any atom is 0.221 e. The zero-order valence-corrected chi connectivity index (χ0v) is 13.9. The smallest absolute Gasteiger partial charge is 0.221 e. The van der Waals surface area contributed by atoms with Crippen LogP contribution in [-0.2, 0) is 4.79 Å². The summed E-state index contributed by atoms with van der Waals surface area (Å²) in [6, 6.07) is 7.75. The van der Waals surface area contributed by atoms with E-state index in [0.717, 1.165) is 29.5 Å². The number of ether oxygens (including phenoxy) is 2. The van der Waals surface area contributed by atoms with Gasteiger partial charge in [0.05, 0.1) is 13.7 Å². The molecule has 1 aliphatic rings. The lowest BCUT2D eigenvalue weighted by molar-refractivity contribution is -0.121. The monoisotopic (exact) mass is 324 g/mol. The van der Waals surface area contributed by atoms with Crippen LogP contribution in [0.25, 0.3) is 0 Å². The van der Waals surface area contributed by atoms with Gasteiger partial charge in [-0.15, -0.1) is 0 Å². The highest BCUT2D eigenvalue weighted by Gasteiger charge is 2.17. The van der Waals surface area contributed by atoms with Gasteiger partial charge in [-0.3, -0.25) is 4.79 Å². The highest BCUT2D eigenvalue weighted by atomic mass is 32.2. The SMILES string of the molecule is COc1cccc(OC(C)CNC(=O)CC2CSCCN2)c1. The molecule has 1 amide bonds. The standard InChI is InChI=1S/C16H24N2O3S/c1-12(21-15-5-3-4-14(9-15)20-2)10-18-16(19)8-13-11-22-7-6-17-13/h3-5,9,12-13,17H,6-8,10-11H2,1-2H3,(H,18,19). The molecule has 1 aromatic rings. The summed E-state index contributed by atoms with van der Waals surface area (Å²) >= 11 is 1.90. The van der Waals surface area contributed by atoms with Crippen LogP contribution < -0.4 is 20.1 Å². The lowest BCUT2D eigenvalue weighted by Crippen LogP contribution is -2.42. The van der Waals surface area contributed by atoms with Gasteiger partial charge in [-0.1, -0.05) is 6.07 Å². The van der Waals surface area contributed by atoms with E-state index in [2.05, 4.69) is 10.6 Å². The number of carbonyl (C=O) groups excluding carboxylic acids is 1. The molecule has 0 aromatic heterocycles. The Labute approximate surface area is 136 Å². The summed E-state index contributed by atoms with van der Waals surface area (Å²) in [4.78, 5) is 11.9. The van der Waals surface area contributed by atoms with Gasteiger partial charge in [-0.05, 0) is 19.1 Å². The van der Waals surface area contributed by atoms with E-state index < -0.39 is 0 Å². The molecule has 1 saturated heterocycles. The van der Waals surface area contributed by atoms with Crippen LogP contribution in [0.1, 0.15) is 13.3 Å². The largest absolute Gasteiger partial charge is 0.497 e. The molecule has 22 heavy (non-hydrogen) atoms. The molecule has 2 atom stereocenters. The summed E-state index contributed by atoms with van der Waals surface area (Å²) in [6.07, 6.45) is 0.434. The molecule has 1 aromatic carbocycles. The molecule has 6 heteroatoms. The first-order chi connectivity index (χ1) is 10.7. The molecule has 1 heterocycles. The summed E-state index contributed by atoms with van der Waals surface area (Å²) < 4.78 is 10.9. The highest BCUT2D eigenvalue weighted by molar-refractivity contribution is 7.99. The maximum atomic E-state index is 11.9. The average molecular weight is 324 g/mol. The van der Waals surface area contributed by atoms with Crippen LogP contribution in [0.15, 0.2) is 24.3 Å². The van der Waals surface area contributed by atoms with Crippen LogP contribution in [0.5, 0.6) is 11.5 Å². The van der Waals surface area contributed by atoms with Crippen LogP contribution in [0, 0.1) is 0 Å². The van der Waals surface area contributed by atoms with Crippen molar-refractivity contribution in [1.29, 1.82) is 0 Å². The molecule has 2 unspecified atom stereocenters. The predicted octanol–water partition coefficient (Wildman–Crippen LogP) is 1.67. The zero-order chi connectivity index (χ0) is 15.8. The zero-order valence-electron chi connectivity index (χ0n) is 13.1. The number of nitrogens with one attached hydrogen (secondary N) is 2. The number of methoxy groups -OCH3 is 1. The summed E-state index contributed by atoms with van der Waals surface area (Å²) in [7, 11) is 1.63. The van der Waals surface area contributed by atoms with Crippen molar-refractivity contribution < 1.29 is 14.3 Å². The number of benzene rings is 1. The first-order valence-corrected chi connectivity index (χ1v) is 8.71. The highest BCUT2D eigenvalue weighted by Crippen LogP contribution is 2.19. The van der Waals surface area contributed by atoms with Crippen molar-refractivity contribution in [3.05, 3.63) is 24.3 Å². The molecular weight excluding hydrogens is 300 g/mol. The van der Waals surface area contributed by atoms with E-state index in [1.807, 2.05) is 43.0 Å². The average Bonchev–Trinajstić information content (AvgIpc) is 2.54. The van der Waals surface area contributed by atoms with Crippen LogP contribution in [0.4, 0.5) is 0 Å². The van der Waals surface area contributed by atoms with Crippen LogP contribution in [0.3, 0.4) is 0 Å². The Kier molecular flexibility index (Phi) is 6.86. The number of hydrogen-bond donors (Lipinski definition) is 2. The van der Waals surface area contributed by atoms with Crippen LogP contribution in [-0.4, -0.2) is 49.8 Å². The van der Waals surface area contributed by atoms with E-state index in [9.17, 15) is 4.79 Å². The van der Waals surface area contributed by atoms with Gasteiger partial charge in [-0.2, -0.15) is 11.8 Å². The molecule has 0 radical (unpaired) electrons. The fraction of sp³-hybridized carbons (Fsp3) is 0.562. The fourth-order valence-corrected chi connectivity index (χ4v) is 3.20. The van der Waals surface area contributed by atoms with Crippen molar-refractivity contribution >= 4 is 17.7 Å². The van der Waals surface area contributed by atoms with Gasteiger partial charge in [0.15, 0.2) is 0 Å². The first-order valence-electron chi connectivity index (χ1n) is 7.56. The maximum absolute atomic E-state index is 11.9. The second kappa shape index (κ2) is 8.90.